The molecule has 1 aromatic carbocycles. The minimum atomic E-state index is -4.37. The fourth-order valence-corrected chi connectivity index (χ4v) is 5.94. The molecule has 3 saturated heterocycles. The second-order valence-corrected chi connectivity index (χ2v) is 10.9. The Morgan fingerprint density at radius 1 is 0.950 bits per heavy atom. The highest BCUT2D eigenvalue weighted by Gasteiger charge is 2.44. The van der Waals surface area contributed by atoms with Crippen molar-refractivity contribution in [2.24, 2.45) is 0 Å². The van der Waals surface area contributed by atoms with Gasteiger partial charge in [-0.15, -0.1) is 0 Å². The van der Waals surface area contributed by atoms with Gasteiger partial charge >= 0.3 is 18.2 Å². The number of carboxylic acids is 1. The highest BCUT2D eigenvalue weighted by Crippen LogP contribution is 2.41. The van der Waals surface area contributed by atoms with Gasteiger partial charge in [0.1, 0.15) is 5.78 Å². The van der Waals surface area contributed by atoms with Crippen molar-refractivity contribution in [3.05, 3.63) is 47.3 Å². The summed E-state index contributed by atoms with van der Waals surface area (Å²) in [6.07, 6.45) is 2.46. The van der Waals surface area contributed by atoms with Crippen molar-refractivity contribution in [2.45, 2.75) is 70.6 Å². The van der Waals surface area contributed by atoms with Gasteiger partial charge in [-0.05, 0) is 82.7 Å². The first-order valence-corrected chi connectivity index (χ1v) is 13.7. The van der Waals surface area contributed by atoms with Crippen molar-refractivity contribution < 1.29 is 32.7 Å². The van der Waals surface area contributed by atoms with Crippen LogP contribution in [0.3, 0.4) is 0 Å². The number of amides is 1. The summed E-state index contributed by atoms with van der Waals surface area (Å²) in [5, 5.41) is 12.9. The lowest BCUT2D eigenvalue weighted by atomic mass is 9.84. The van der Waals surface area contributed by atoms with Crippen LogP contribution in [0, 0.1) is 0 Å². The van der Waals surface area contributed by atoms with Crippen LogP contribution in [-0.4, -0.2) is 80.7 Å². The van der Waals surface area contributed by atoms with E-state index in [0.717, 1.165) is 68.4 Å². The van der Waals surface area contributed by atoms with Crippen LogP contribution < -0.4 is 4.90 Å². The fourth-order valence-electron chi connectivity index (χ4n) is 5.94. The van der Waals surface area contributed by atoms with Crippen LogP contribution in [0.2, 0.25) is 0 Å². The molecule has 12 heteroatoms. The van der Waals surface area contributed by atoms with Crippen LogP contribution in [-0.2, 0) is 17.5 Å². The first-order chi connectivity index (χ1) is 18.9. The van der Waals surface area contributed by atoms with Crippen LogP contribution in [0.4, 0.5) is 23.7 Å². The van der Waals surface area contributed by atoms with Crippen LogP contribution in [0.25, 0.3) is 0 Å². The number of rotatable bonds is 4. The van der Waals surface area contributed by atoms with Gasteiger partial charge in [0, 0.05) is 50.1 Å². The predicted molar refractivity (Wildman–Crippen MR) is 142 cm³/mol. The van der Waals surface area contributed by atoms with E-state index in [2.05, 4.69) is 14.9 Å². The van der Waals surface area contributed by atoms with Crippen LogP contribution in [0.1, 0.15) is 74.0 Å². The van der Waals surface area contributed by atoms with E-state index in [4.69, 9.17) is 5.11 Å². The molecule has 1 amide bonds. The minimum Gasteiger partial charge on any atom is -0.476 e. The fraction of sp³-hybridized carbons (Fsp3) is 0.571. The third-order valence-electron chi connectivity index (χ3n) is 7.93. The van der Waals surface area contributed by atoms with E-state index in [-0.39, 0.29) is 23.0 Å². The molecule has 3 aliphatic heterocycles. The molecule has 0 atom stereocenters. The number of carboxylic acid groups (broad SMARTS) is 1. The molecule has 3 aliphatic rings. The van der Waals surface area contributed by atoms with Crippen molar-refractivity contribution in [1.29, 1.82) is 0 Å². The number of anilines is 1. The number of Topliss-reactive ketones (excluding diaryl/α,β-unsaturated/α-hetero) is 1. The smallest absolute Gasteiger partial charge is 0.416 e. The summed E-state index contributed by atoms with van der Waals surface area (Å²) in [6.45, 7) is 7.09. The number of aromatic carboxylic acids is 1. The average Bonchev–Trinajstić information content (AvgIpc) is 3.66. The van der Waals surface area contributed by atoms with Crippen molar-refractivity contribution in [2.75, 3.05) is 37.6 Å². The summed E-state index contributed by atoms with van der Waals surface area (Å²) in [6, 6.07) is 5.08. The Bertz CT molecular complexity index is 1230. The van der Waals surface area contributed by atoms with Gasteiger partial charge < -0.3 is 19.7 Å². The number of carbonyl (C=O) groups excluding carboxylic acids is 2. The lowest BCUT2D eigenvalue weighted by Crippen LogP contribution is -2.53. The van der Waals surface area contributed by atoms with E-state index in [1.54, 1.807) is 11.0 Å². The third-order valence-corrected chi connectivity index (χ3v) is 7.93. The number of nitrogens with zero attached hydrogens (tertiary/aromatic N) is 5. The van der Waals surface area contributed by atoms with Crippen molar-refractivity contribution in [3.63, 3.8) is 0 Å². The molecule has 0 radical (unpaired) electrons. The van der Waals surface area contributed by atoms with Crippen molar-refractivity contribution in [3.8, 4) is 0 Å². The largest absolute Gasteiger partial charge is 0.476 e. The molecule has 40 heavy (non-hydrogen) atoms. The van der Waals surface area contributed by atoms with Gasteiger partial charge in [0.05, 0.1) is 5.56 Å². The van der Waals surface area contributed by atoms with E-state index in [1.807, 2.05) is 0 Å². The molecule has 0 unspecified atom stereocenters. The Kier molecular flexibility index (Phi) is 8.86. The molecule has 218 valence electrons. The van der Waals surface area contributed by atoms with Gasteiger partial charge in [0.2, 0.25) is 0 Å². The maximum Gasteiger partial charge on any atom is 0.416 e. The average molecular weight is 564 g/mol. The monoisotopic (exact) mass is 563 g/mol. The normalized spacial score (nSPS) is 19.0. The molecular weight excluding hydrogens is 527 g/mol. The molecule has 0 saturated carbocycles. The lowest BCUT2D eigenvalue weighted by molar-refractivity contribution is -0.137. The molecule has 3 fully saturated rings. The zero-order chi connectivity index (χ0) is 29.1. The topological polar surface area (TPSA) is 99.0 Å². The molecule has 9 nitrogen and oxygen atoms in total. The Morgan fingerprint density at radius 2 is 1.60 bits per heavy atom. The summed E-state index contributed by atoms with van der Waals surface area (Å²) in [7, 11) is 0. The first kappa shape index (κ1) is 29.6. The summed E-state index contributed by atoms with van der Waals surface area (Å²) < 4.78 is 41.4. The van der Waals surface area contributed by atoms with Crippen LogP contribution >= 0.6 is 0 Å². The second-order valence-electron chi connectivity index (χ2n) is 10.9. The molecular formula is C28H36F3N5O4. The quantitative estimate of drug-likeness (QED) is 0.565. The first-order valence-electron chi connectivity index (χ1n) is 13.7. The van der Waals surface area contributed by atoms with Gasteiger partial charge in [-0.3, -0.25) is 4.90 Å². The highest BCUT2D eigenvalue weighted by atomic mass is 19.4. The van der Waals surface area contributed by atoms with Crippen LogP contribution in [0.15, 0.2) is 30.5 Å². The van der Waals surface area contributed by atoms with Gasteiger partial charge in [-0.2, -0.15) is 23.0 Å². The molecule has 1 spiro atoms. The van der Waals surface area contributed by atoms with E-state index < -0.39 is 17.7 Å². The highest BCUT2D eigenvalue weighted by molar-refractivity contribution is 5.86. The summed E-state index contributed by atoms with van der Waals surface area (Å²) in [5.74, 6) is -1.02. The Labute approximate surface area is 231 Å². The molecule has 5 rings (SSSR count). The Hall–Kier alpha value is -3.41. The standard InChI is InChI=1S/C25H30F3N5O3.C3H6O/c26-25(27,28)19-5-4-18(21(16-19)30-10-1-2-11-30)17-32-12-3-7-24(32)8-14-31(15-9-24)23(36)33-13-6-20(29-33)22(34)35;1-3(2)4/h4-6,13,16H,1-3,7-12,14-15,17H2,(H,34,35);1-2H3. The van der Waals surface area contributed by atoms with Gasteiger partial charge in [0.25, 0.3) is 0 Å². The van der Waals surface area contributed by atoms with E-state index in [1.165, 1.54) is 38.2 Å². The molecule has 0 bridgehead atoms. The number of hydrogen-bond donors (Lipinski definition) is 1. The Balaban J connectivity index is 0.000000867. The van der Waals surface area contributed by atoms with Crippen molar-refractivity contribution in [1.82, 2.24) is 19.6 Å². The number of piperidine rings is 1. The summed E-state index contributed by atoms with van der Waals surface area (Å²) in [4.78, 5) is 39.5. The number of hydrogen-bond acceptors (Lipinski definition) is 6. The van der Waals surface area contributed by atoms with Crippen LogP contribution in [0.5, 0.6) is 0 Å². The zero-order valence-corrected chi connectivity index (χ0v) is 22.9. The Morgan fingerprint density at radius 3 is 2.17 bits per heavy atom. The zero-order valence-electron chi connectivity index (χ0n) is 22.9. The number of benzene rings is 1. The summed E-state index contributed by atoms with van der Waals surface area (Å²) >= 11 is 0. The number of aromatic nitrogens is 2. The second kappa shape index (κ2) is 12.0. The van der Waals surface area contributed by atoms with E-state index in [9.17, 15) is 27.6 Å². The molecule has 0 aliphatic carbocycles. The number of likely N-dealkylation sites (tertiary alicyclic amines) is 2. The van der Waals surface area contributed by atoms with E-state index >= 15 is 0 Å². The lowest BCUT2D eigenvalue weighted by Gasteiger charge is -2.45. The third kappa shape index (κ3) is 6.65. The number of carbonyl (C=O) groups is 3. The minimum absolute atomic E-state index is 0.0991. The molecule has 4 heterocycles. The number of ketones is 1. The van der Waals surface area contributed by atoms with E-state index in [0.29, 0.717) is 25.3 Å². The molecule has 2 aromatic rings. The maximum absolute atomic E-state index is 13.4. The molecule has 1 aromatic heterocycles. The maximum atomic E-state index is 13.4. The van der Waals surface area contributed by atoms with Gasteiger partial charge in [0.15, 0.2) is 5.69 Å². The predicted octanol–water partition coefficient (Wildman–Crippen LogP) is 4.89. The van der Waals surface area contributed by atoms with Gasteiger partial charge in [-0.1, -0.05) is 6.07 Å². The number of halogens is 3. The SMILES string of the molecule is CC(C)=O.O=C(O)c1ccn(C(=O)N2CCC3(CCCN3Cc3ccc(C(F)(F)F)cc3N3CCCC3)CC2)n1. The molecule has 1 N–H and O–H groups in total. The van der Waals surface area contributed by atoms with Gasteiger partial charge in [-0.25, -0.2) is 9.59 Å². The van der Waals surface area contributed by atoms with Crippen molar-refractivity contribution >= 4 is 23.5 Å². The number of alkyl halides is 3. The summed E-state index contributed by atoms with van der Waals surface area (Å²) in [5.41, 5.74) is 0.718.